The van der Waals surface area contributed by atoms with Crippen molar-refractivity contribution in [3.05, 3.63) is 124 Å². The van der Waals surface area contributed by atoms with Crippen LogP contribution in [0.15, 0.2) is 95.6 Å². The highest BCUT2D eigenvalue weighted by Crippen LogP contribution is 2.53. The van der Waals surface area contributed by atoms with Crippen molar-refractivity contribution in [3.63, 3.8) is 0 Å². The largest absolute Gasteiger partial charge is 0.392 e. The van der Waals surface area contributed by atoms with Crippen molar-refractivity contribution in [1.82, 2.24) is 5.32 Å². The van der Waals surface area contributed by atoms with Gasteiger partial charge in [-0.3, -0.25) is 0 Å². The van der Waals surface area contributed by atoms with E-state index in [1.807, 2.05) is 12.1 Å². The van der Waals surface area contributed by atoms with Crippen LogP contribution in [0, 0.1) is 23.1 Å². The predicted octanol–water partition coefficient (Wildman–Crippen LogP) is 8.39. The highest BCUT2D eigenvalue weighted by Gasteiger charge is 2.49. The fourth-order valence-electron chi connectivity index (χ4n) is 7.68. The predicted molar refractivity (Wildman–Crippen MR) is 170 cm³/mol. The first-order valence-electron chi connectivity index (χ1n) is 15.8. The Labute approximate surface area is 250 Å². The van der Waals surface area contributed by atoms with Gasteiger partial charge in [-0.1, -0.05) is 96.9 Å². The summed E-state index contributed by atoms with van der Waals surface area (Å²) in [7, 11) is 0. The lowest BCUT2D eigenvalue weighted by atomic mass is 9.57. The molecule has 3 aromatic rings. The molecule has 0 radical (unpaired) electrons. The standard InChI is InChI=1S/C39H42FNO/c1-28-36-19-10-20-37(42)39(36,26-31-11-4-2-5-12-31)27-33(38(28)41-35-17-6-3-7-18-35)24-32-15-8-13-29(23-32)21-22-30-14-9-16-34(40)25-30/h2,4-5,8-9,11-16,23-25,35,37-38,41-42H,3,6-7,10,17-20,26-27H2,1H3/t37-,38?,39-/m0/s1. The molecule has 1 unspecified atom stereocenters. The lowest BCUT2D eigenvalue weighted by Crippen LogP contribution is -2.51. The van der Waals surface area contributed by atoms with Gasteiger partial charge in [0.15, 0.2) is 0 Å². The molecule has 3 heteroatoms. The number of aliphatic hydroxyl groups excluding tert-OH is 1. The molecule has 3 aromatic carbocycles. The third-order valence-corrected chi connectivity index (χ3v) is 9.73. The Bertz CT molecular complexity index is 1520. The molecule has 2 nitrogen and oxygen atoms in total. The van der Waals surface area contributed by atoms with E-state index in [0.717, 1.165) is 43.2 Å². The lowest BCUT2D eigenvalue weighted by molar-refractivity contribution is 0.0191. The van der Waals surface area contributed by atoms with Gasteiger partial charge in [0.25, 0.3) is 0 Å². The van der Waals surface area contributed by atoms with E-state index in [4.69, 9.17) is 0 Å². The Kier molecular flexibility index (Phi) is 8.75. The molecule has 42 heavy (non-hydrogen) atoms. The highest BCUT2D eigenvalue weighted by atomic mass is 19.1. The Balaban J connectivity index is 1.40. The zero-order valence-corrected chi connectivity index (χ0v) is 24.7. The molecule has 2 N–H and O–H groups in total. The first-order valence-corrected chi connectivity index (χ1v) is 15.8. The van der Waals surface area contributed by atoms with Crippen LogP contribution in [0.2, 0.25) is 0 Å². The summed E-state index contributed by atoms with van der Waals surface area (Å²) in [5.41, 5.74) is 7.94. The summed E-state index contributed by atoms with van der Waals surface area (Å²) in [5, 5.41) is 15.8. The minimum absolute atomic E-state index is 0.180. The fourth-order valence-corrected chi connectivity index (χ4v) is 7.68. The van der Waals surface area contributed by atoms with Gasteiger partial charge in [0.05, 0.1) is 12.1 Å². The molecule has 6 rings (SSSR count). The number of aliphatic hydroxyl groups is 1. The summed E-state index contributed by atoms with van der Waals surface area (Å²) >= 11 is 0. The van der Waals surface area contributed by atoms with E-state index in [0.29, 0.717) is 11.6 Å². The van der Waals surface area contributed by atoms with Crippen molar-refractivity contribution < 1.29 is 9.50 Å². The lowest BCUT2D eigenvalue weighted by Gasteiger charge is -2.51. The fraction of sp³-hybridized carbons (Fsp3) is 0.385. The van der Waals surface area contributed by atoms with E-state index in [9.17, 15) is 9.50 Å². The van der Waals surface area contributed by atoms with Crippen LogP contribution in [0.3, 0.4) is 0 Å². The van der Waals surface area contributed by atoms with E-state index in [1.54, 1.807) is 6.07 Å². The first-order chi connectivity index (χ1) is 20.5. The molecule has 0 aromatic heterocycles. The zero-order valence-electron chi connectivity index (χ0n) is 24.7. The molecule has 3 aliphatic rings. The second kappa shape index (κ2) is 12.8. The van der Waals surface area contributed by atoms with Crippen LogP contribution in [-0.4, -0.2) is 23.3 Å². The molecule has 216 valence electrons. The molecule has 2 fully saturated rings. The van der Waals surface area contributed by atoms with Crippen LogP contribution >= 0.6 is 0 Å². The van der Waals surface area contributed by atoms with E-state index < -0.39 is 0 Å². The van der Waals surface area contributed by atoms with Gasteiger partial charge >= 0.3 is 0 Å². The molecule has 0 saturated heterocycles. The van der Waals surface area contributed by atoms with Crippen LogP contribution < -0.4 is 5.32 Å². The minimum atomic E-state index is -0.362. The molecule has 0 bridgehead atoms. The Hall–Kier alpha value is -3.45. The number of halogens is 1. The van der Waals surface area contributed by atoms with Gasteiger partial charge in [-0.05, 0) is 98.9 Å². The van der Waals surface area contributed by atoms with Crippen molar-refractivity contribution in [1.29, 1.82) is 0 Å². The van der Waals surface area contributed by atoms with Crippen molar-refractivity contribution in [2.45, 2.75) is 89.3 Å². The van der Waals surface area contributed by atoms with Gasteiger partial charge in [-0.15, -0.1) is 0 Å². The molecule has 0 heterocycles. The van der Waals surface area contributed by atoms with Crippen LogP contribution in [0.5, 0.6) is 0 Å². The molecular formula is C39H42FNO. The quantitative estimate of drug-likeness (QED) is 0.243. The Morgan fingerprint density at radius 2 is 1.62 bits per heavy atom. The van der Waals surface area contributed by atoms with Crippen molar-refractivity contribution in [2.24, 2.45) is 5.41 Å². The van der Waals surface area contributed by atoms with Gasteiger partial charge in [-0.2, -0.15) is 0 Å². The van der Waals surface area contributed by atoms with E-state index in [2.05, 4.69) is 78.7 Å². The van der Waals surface area contributed by atoms with Crippen molar-refractivity contribution in [2.75, 3.05) is 0 Å². The zero-order chi connectivity index (χ0) is 28.9. The normalized spacial score (nSPS) is 25.5. The highest BCUT2D eigenvalue weighted by molar-refractivity contribution is 5.61. The number of rotatable bonds is 5. The summed E-state index contributed by atoms with van der Waals surface area (Å²) in [4.78, 5) is 0. The summed E-state index contributed by atoms with van der Waals surface area (Å²) in [5.74, 6) is 6.08. The molecule has 0 spiro atoms. The van der Waals surface area contributed by atoms with Crippen molar-refractivity contribution >= 4 is 6.08 Å². The van der Waals surface area contributed by atoms with Gasteiger partial charge in [-0.25, -0.2) is 4.39 Å². The maximum Gasteiger partial charge on any atom is 0.124 e. The maximum atomic E-state index is 13.7. The summed E-state index contributed by atoms with van der Waals surface area (Å²) < 4.78 is 13.7. The van der Waals surface area contributed by atoms with Gasteiger partial charge in [0.1, 0.15) is 5.82 Å². The number of hydrogen-bond donors (Lipinski definition) is 2. The smallest absolute Gasteiger partial charge is 0.124 e. The van der Waals surface area contributed by atoms with Gasteiger partial charge in [0.2, 0.25) is 0 Å². The monoisotopic (exact) mass is 559 g/mol. The maximum absolute atomic E-state index is 13.7. The van der Waals surface area contributed by atoms with Crippen LogP contribution in [0.25, 0.3) is 6.08 Å². The second-order valence-electron chi connectivity index (χ2n) is 12.6. The van der Waals surface area contributed by atoms with E-state index in [1.165, 1.54) is 66.5 Å². The number of fused-ring (bicyclic) bond motifs is 1. The topological polar surface area (TPSA) is 32.3 Å². The van der Waals surface area contributed by atoms with Crippen molar-refractivity contribution in [3.8, 4) is 11.8 Å². The minimum Gasteiger partial charge on any atom is -0.392 e. The Morgan fingerprint density at radius 3 is 2.38 bits per heavy atom. The summed E-state index contributed by atoms with van der Waals surface area (Å²) in [6, 6.07) is 26.2. The third-order valence-electron chi connectivity index (χ3n) is 9.73. The van der Waals surface area contributed by atoms with E-state index >= 15 is 0 Å². The number of hydrogen-bond acceptors (Lipinski definition) is 2. The average Bonchev–Trinajstić information content (AvgIpc) is 3.00. The molecule has 3 aliphatic carbocycles. The second-order valence-corrected chi connectivity index (χ2v) is 12.6. The van der Waals surface area contributed by atoms with Gasteiger partial charge < -0.3 is 10.4 Å². The van der Waals surface area contributed by atoms with E-state index in [-0.39, 0.29) is 23.4 Å². The number of benzene rings is 3. The van der Waals surface area contributed by atoms with Crippen LogP contribution in [-0.2, 0) is 6.42 Å². The molecule has 0 aliphatic heterocycles. The molecular weight excluding hydrogens is 517 g/mol. The summed E-state index contributed by atoms with van der Waals surface area (Å²) in [6.45, 7) is 2.32. The molecule has 3 atom stereocenters. The van der Waals surface area contributed by atoms with Crippen LogP contribution in [0.4, 0.5) is 4.39 Å². The molecule has 0 amide bonds. The van der Waals surface area contributed by atoms with Crippen LogP contribution in [0.1, 0.15) is 87.0 Å². The number of nitrogens with one attached hydrogen (secondary N) is 1. The Morgan fingerprint density at radius 1 is 0.881 bits per heavy atom. The third kappa shape index (κ3) is 6.31. The summed E-state index contributed by atoms with van der Waals surface area (Å²) in [6.07, 6.45) is 13.0. The van der Waals surface area contributed by atoms with Gasteiger partial charge in [0, 0.05) is 22.6 Å². The average molecular weight is 560 g/mol. The SMILES string of the molecule is CC1=C2CCC[C@H](O)[C@@]2(Cc2ccccc2)CC(=Cc2cccc(C#Cc3cccc(F)c3)c2)C1NC1CCCCC1. The molecule has 2 saturated carbocycles. The first kappa shape index (κ1) is 28.7.